The quantitative estimate of drug-likeness (QED) is 0.00980. The Kier molecular flexibility index (Phi) is 54.5. The van der Waals surface area contributed by atoms with Crippen molar-refractivity contribution in [2.45, 2.75) is 305 Å². The number of amides is 7. The highest BCUT2D eigenvalue weighted by Crippen LogP contribution is 2.28. The minimum Gasteiger partial charge on any atom is -0.481 e. The highest BCUT2D eigenvalue weighted by molar-refractivity contribution is 5.83. The molecular formula is C80H151N13O15. The molecule has 0 spiro atoms. The fourth-order valence-electron chi connectivity index (χ4n) is 9.78. The molecule has 2 saturated heterocycles. The fourth-order valence-corrected chi connectivity index (χ4v) is 9.78. The molecule has 3 N–H and O–H groups in total. The van der Waals surface area contributed by atoms with Gasteiger partial charge in [0.1, 0.15) is 40.8 Å². The highest BCUT2D eigenvalue weighted by atomic mass is 16.7. The third-order valence-electron chi connectivity index (χ3n) is 19.1. The summed E-state index contributed by atoms with van der Waals surface area (Å²) in [6, 6.07) is -1.32. The van der Waals surface area contributed by atoms with Crippen LogP contribution in [0.2, 0.25) is 0 Å². The molecule has 108 heavy (non-hydrogen) atoms. The van der Waals surface area contributed by atoms with Gasteiger partial charge in [0.15, 0.2) is 0 Å². The Bertz CT molecular complexity index is 2820. The number of azide groups is 1. The lowest BCUT2D eigenvalue weighted by Gasteiger charge is -2.37. The second kappa shape index (κ2) is 55.1. The van der Waals surface area contributed by atoms with Crippen molar-refractivity contribution in [1.82, 2.24) is 50.3 Å². The van der Waals surface area contributed by atoms with Gasteiger partial charge in [-0.3, -0.25) is 24.0 Å². The number of hydrogen-bond donors (Lipinski definition) is 3. The first-order chi connectivity index (χ1) is 49.5. The molecule has 2 aliphatic rings. The molecule has 28 heteroatoms. The molecule has 1 unspecified atom stereocenters. The minimum absolute atomic E-state index is 0. The summed E-state index contributed by atoms with van der Waals surface area (Å²) in [5.41, 5.74) is 7.47. The van der Waals surface area contributed by atoms with Crippen LogP contribution in [0.5, 0.6) is 0 Å². The molecule has 7 amide bonds. The second-order valence-electron chi connectivity index (χ2n) is 32.4. The van der Waals surface area contributed by atoms with Crippen LogP contribution in [0.1, 0.15) is 283 Å². The van der Waals surface area contributed by atoms with Gasteiger partial charge in [0.25, 0.3) is 0 Å². The van der Waals surface area contributed by atoms with E-state index in [0.29, 0.717) is 139 Å². The maximum Gasteiger partial charge on any atom is 0.410 e. The van der Waals surface area contributed by atoms with Crippen molar-refractivity contribution in [2.24, 2.45) is 58.4 Å². The van der Waals surface area contributed by atoms with E-state index < -0.39 is 58.7 Å². The van der Waals surface area contributed by atoms with Gasteiger partial charge < -0.3 is 59.1 Å². The number of aliphatic carboxylic acids is 1. The van der Waals surface area contributed by atoms with Gasteiger partial charge in [0.05, 0.1) is 18.7 Å². The second-order valence-corrected chi connectivity index (χ2v) is 32.4. The number of nitrogens with one attached hydrogen (secondary N) is 2. The van der Waals surface area contributed by atoms with Crippen LogP contribution in [-0.4, -0.2) is 207 Å². The number of hydroxylamine groups is 2. The molecule has 0 saturated carbocycles. The van der Waals surface area contributed by atoms with Gasteiger partial charge in [-0.05, 0) is 150 Å². The molecule has 0 radical (unpaired) electrons. The third-order valence-corrected chi connectivity index (χ3v) is 19.1. The monoisotopic (exact) mass is 1530 g/mol. The Morgan fingerprint density at radius 3 is 1.30 bits per heavy atom. The van der Waals surface area contributed by atoms with Crippen molar-refractivity contribution in [3.8, 4) is 12.3 Å². The lowest BCUT2D eigenvalue weighted by molar-refractivity contribution is -0.174. The molecule has 1 aromatic heterocycles. The molecular weight excluding hydrogens is 1380 g/mol. The maximum atomic E-state index is 13.7. The predicted molar refractivity (Wildman–Crippen MR) is 428 cm³/mol. The highest BCUT2D eigenvalue weighted by Gasteiger charge is 2.34. The summed E-state index contributed by atoms with van der Waals surface area (Å²) in [4.78, 5) is 121. The van der Waals surface area contributed by atoms with Crippen molar-refractivity contribution in [3.63, 3.8) is 0 Å². The third kappa shape index (κ3) is 47.5. The Labute approximate surface area is 652 Å². The largest absolute Gasteiger partial charge is 0.481 e. The number of rotatable bonds is 29. The Hall–Kier alpha value is -7.40. The molecule has 2 fully saturated rings. The number of carbonyl (C=O) groups is 9. The molecule has 0 bridgehead atoms. The fraction of sp³-hybridized carbons (Fsp3) is 0.838. The average Bonchev–Trinajstić information content (AvgIpc) is 1.60. The van der Waals surface area contributed by atoms with Crippen molar-refractivity contribution >= 4 is 54.3 Å². The van der Waals surface area contributed by atoms with Crippen LogP contribution in [0.4, 0.5) is 19.2 Å². The predicted octanol–water partition coefficient (Wildman–Crippen LogP) is 16.4. The first kappa shape index (κ1) is 107. The number of carboxylic acid groups (broad SMARTS) is 1. The van der Waals surface area contributed by atoms with Crippen LogP contribution < -0.4 is 10.6 Å². The smallest absolute Gasteiger partial charge is 0.410 e. The molecule has 12 atom stereocenters. The summed E-state index contributed by atoms with van der Waals surface area (Å²) in [5, 5.41) is 27.6. The van der Waals surface area contributed by atoms with E-state index in [0.717, 1.165) is 37.7 Å². The van der Waals surface area contributed by atoms with Gasteiger partial charge in [-0.25, -0.2) is 28.9 Å². The van der Waals surface area contributed by atoms with Gasteiger partial charge in [-0.2, -0.15) is 0 Å². The van der Waals surface area contributed by atoms with Gasteiger partial charge >= 0.3 is 30.3 Å². The Morgan fingerprint density at radius 2 is 0.972 bits per heavy atom. The number of carboxylic acids is 1. The van der Waals surface area contributed by atoms with Crippen LogP contribution in [0.25, 0.3) is 10.4 Å². The van der Waals surface area contributed by atoms with E-state index in [9.17, 15) is 43.2 Å². The number of unbranched alkanes of at least 4 members (excludes halogenated alkanes) is 2. The number of terminal acetylenes is 1. The van der Waals surface area contributed by atoms with Crippen LogP contribution in [0.3, 0.4) is 0 Å². The molecule has 0 aromatic carbocycles. The summed E-state index contributed by atoms with van der Waals surface area (Å²) >= 11 is 0. The van der Waals surface area contributed by atoms with Crippen molar-refractivity contribution in [2.75, 3.05) is 79.6 Å². The zero-order chi connectivity index (χ0) is 83.3. The van der Waals surface area contributed by atoms with Crippen molar-refractivity contribution < 1.29 is 72.0 Å². The Balaban J connectivity index is -0.000000685. The zero-order valence-corrected chi connectivity index (χ0v) is 71.6. The number of alkyl carbamates (subject to hydrolysis) is 2. The van der Waals surface area contributed by atoms with E-state index >= 15 is 0 Å². The normalized spacial score (nSPS) is 16.2. The van der Waals surface area contributed by atoms with E-state index in [2.05, 4.69) is 106 Å². The van der Waals surface area contributed by atoms with E-state index in [1.54, 1.807) is 79.8 Å². The van der Waals surface area contributed by atoms with Gasteiger partial charge in [0.2, 0.25) is 17.7 Å². The zero-order valence-electron chi connectivity index (χ0n) is 71.6. The molecule has 0 aliphatic carbocycles. The minimum atomic E-state index is -0.806. The first-order valence-electron chi connectivity index (χ1n) is 38.9. The van der Waals surface area contributed by atoms with Crippen LogP contribution in [0.15, 0.2) is 11.3 Å². The number of aldehydes is 1. The standard InChI is InChI=1S/C28H50N6O5.C20H36N6O5.C9H19NO2.C8H14.C7H14O2.C7H14O.CH4/c1-10-20(2)21(3)22-19-34(31-30-22)23(13-11-12-14-29-25(36)38-27(4,5)6)24(35)32-15-17-33(18-16-32)26(37)39-28(7,8)9;1-19(2,3)30-17(28)22-10-8-7-9-15(23-24-21)16(27)25-11-13-26(14-12-25)18(29)31-20(4,5)6;1-6-7(2)8(3)9(11)10(4)12-5;1-5-7(3)8(4)6-2;1-4-5(2)6(3)7(8)9;1-4-6(2)7(3)5-8;/h19-21,23H,10-18H2,1-9H3,(H,29,36);15H,7-14H2,1-6H3,(H,22,28);7-8H,6H2,1-5H3;1,7-8H,6H2,2-4H3;5-6H,4H2,1-3H3,(H,8,9);5-7H,4H2,1-3H3;1H4/t20-,21?,23-;15-;7-,8-;7-,8+;5-,6-;6-,7+;/m000100./s1. The van der Waals surface area contributed by atoms with Crippen LogP contribution in [0, 0.1) is 65.6 Å². The summed E-state index contributed by atoms with van der Waals surface area (Å²) in [5.74, 6) is 4.93. The number of piperazine rings is 2. The van der Waals surface area contributed by atoms with Crippen LogP contribution >= 0.6 is 0 Å². The maximum absolute atomic E-state index is 13.7. The molecule has 3 heterocycles. The lowest BCUT2D eigenvalue weighted by Crippen LogP contribution is -2.53. The number of ether oxygens (including phenoxy) is 4. The van der Waals surface area contributed by atoms with Gasteiger partial charge in [-0.1, -0.05) is 160 Å². The molecule has 28 nitrogen and oxygen atoms in total. The SMILES string of the molecule is C.C#C[C@@H](C)[C@@H](C)CC.CC(C)(C)OC(=O)NCCCC[C@H](N=[N+]=[N-])C(=O)N1CCN(C(=O)OC(C)(C)C)CC1.CC[C@H](C)C(C)c1cn([C@@H](CCCCNC(=O)OC(C)(C)C)C(=O)N2CCN(C(=O)OC(C)(C)C)CC2)nn1.CC[C@H](C)[C@H](C)C(=O)N(C)OC.CC[C@H](C)[C@H](C)C(=O)O.CC[C@H](C)[C@H](C)C=O. The number of hydrogen-bond acceptors (Lipinski definition) is 17. The molecule has 2 aliphatic heterocycles. The average molecular weight is 1540 g/mol. The lowest BCUT2D eigenvalue weighted by atomic mass is 9.91. The first-order valence-corrected chi connectivity index (χ1v) is 38.9. The summed E-state index contributed by atoms with van der Waals surface area (Å²) in [6.45, 7) is 56.6. The summed E-state index contributed by atoms with van der Waals surface area (Å²) < 4.78 is 23.0. The Morgan fingerprint density at radius 1 is 0.593 bits per heavy atom. The molecule has 1 aromatic rings. The summed E-state index contributed by atoms with van der Waals surface area (Å²) in [7, 11) is 3.14. The molecule has 626 valence electrons. The van der Waals surface area contributed by atoms with Gasteiger partial charge in [-0.15, -0.1) is 17.4 Å². The van der Waals surface area contributed by atoms with E-state index in [1.165, 1.54) is 18.6 Å². The number of carbonyl (C=O) groups excluding carboxylic acids is 8. The van der Waals surface area contributed by atoms with Crippen LogP contribution in [-0.2, 0) is 47.8 Å². The topological polar surface area (TPSA) is 340 Å². The van der Waals surface area contributed by atoms with E-state index in [4.69, 9.17) is 40.8 Å². The number of nitrogens with zero attached hydrogens (tertiary/aromatic N) is 11. The molecule has 3 rings (SSSR count). The van der Waals surface area contributed by atoms with Crippen molar-refractivity contribution in [1.29, 1.82) is 0 Å². The number of aromatic nitrogens is 3. The van der Waals surface area contributed by atoms with Gasteiger partial charge in [0, 0.05) is 107 Å². The van der Waals surface area contributed by atoms with Crippen molar-refractivity contribution in [3.05, 3.63) is 22.3 Å². The van der Waals surface area contributed by atoms with E-state index in [-0.39, 0.29) is 54.9 Å². The summed E-state index contributed by atoms with van der Waals surface area (Å²) in [6.07, 6.45) is 15.3. The van der Waals surface area contributed by atoms with E-state index in [1.807, 2.05) is 75.4 Å².